The number of ether oxygens (including phenoxy) is 2. The first-order valence-corrected chi connectivity index (χ1v) is 6.29. The summed E-state index contributed by atoms with van der Waals surface area (Å²) in [6, 6.07) is 17.6. The first-order valence-electron chi connectivity index (χ1n) is 5.92. The van der Waals surface area contributed by atoms with Gasteiger partial charge in [0, 0.05) is 5.02 Å². The number of rotatable bonds is 4. The molecule has 3 rings (SSSR count). The van der Waals surface area contributed by atoms with Crippen LogP contribution >= 0.6 is 11.6 Å². The Morgan fingerprint density at radius 2 is 1.72 bits per heavy atom. The van der Waals surface area contributed by atoms with Crippen LogP contribution in [0.25, 0.3) is 0 Å². The Morgan fingerprint density at radius 3 is 2.44 bits per heavy atom. The van der Waals surface area contributed by atoms with Crippen molar-refractivity contribution in [2.45, 2.75) is 12.2 Å². The van der Waals surface area contributed by atoms with Gasteiger partial charge in [0.1, 0.15) is 24.6 Å². The molecule has 0 radical (unpaired) electrons. The third kappa shape index (κ3) is 2.66. The number of hydrogen-bond acceptors (Lipinski definition) is 2. The van der Waals surface area contributed by atoms with E-state index >= 15 is 0 Å². The van der Waals surface area contributed by atoms with Gasteiger partial charge in [-0.3, -0.25) is 0 Å². The molecule has 1 heterocycles. The van der Waals surface area contributed by atoms with Gasteiger partial charge in [-0.1, -0.05) is 41.9 Å². The molecular formula is C15H13ClO2. The third-order valence-corrected chi connectivity index (χ3v) is 3.19. The van der Waals surface area contributed by atoms with E-state index in [1.54, 1.807) is 0 Å². The smallest absolute Gasteiger partial charge is 0.123 e. The van der Waals surface area contributed by atoms with Crippen molar-refractivity contribution in [1.29, 1.82) is 0 Å². The van der Waals surface area contributed by atoms with E-state index in [-0.39, 0.29) is 12.2 Å². The van der Waals surface area contributed by atoms with Gasteiger partial charge in [-0.05, 0) is 29.8 Å². The number of benzene rings is 2. The van der Waals surface area contributed by atoms with E-state index in [0.29, 0.717) is 11.6 Å². The predicted octanol–water partition coefficient (Wildman–Crippen LogP) is 3.86. The van der Waals surface area contributed by atoms with Gasteiger partial charge >= 0.3 is 0 Å². The van der Waals surface area contributed by atoms with Crippen molar-refractivity contribution in [3.63, 3.8) is 0 Å². The van der Waals surface area contributed by atoms with Gasteiger partial charge in [0.05, 0.1) is 0 Å². The fourth-order valence-corrected chi connectivity index (χ4v) is 2.04. The maximum Gasteiger partial charge on any atom is 0.123 e. The highest BCUT2D eigenvalue weighted by Gasteiger charge is 2.40. The second-order valence-electron chi connectivity index (χ2n) is 4.27. The van der Waals surface area contributed by atoms with Crippen LogP contribution in [0.15, 0.2) is 54.6 Å². The van der Waals surface area contributed by atoms with Crippen molar-refractivity contribution in [2.24, 2.45) is 0 Å². The number of hydrogen-bond donors (Lipinski definition) is 0. The number of halogens is 1. The molecule has 1 aliphatic heterocycles. The summed E-state index contributed by atoms with van der Waals surface area (Å²) >= 11 is 5.81. The van der Waals surface area contributed by atoms with Gasteiger partial charge in [-0.25, -0.2) is 0 Å². The fraction of sp³-hybridized carbons (Fsp3) is 0.200. The Hall–Kier alpha value is -1.51. The van der Waals surface area contributed by atoms with Gasteiger partial charge in [0.25, 0.3) is 0 Å². The average molecular weight is 261 g/mol. The van der Waals surface area contributed by atoms with E-state index in [4.69, 9.17) is 21.1 Å². The second kappa shape index (κ2) is 5.01. The Labute approximate surface area is 111 Å². The minimum absolute atomic E-state index is 0.156. The lowest BCUT2D eigenvalue weighted by molar-refractivity contribution is 0.260. The van der Waals surface area contributed by atoms with Crippen LogP contribution in [0.3, 0.4) is 0 Å². The quantitative estimate of drug-likeness (QED) is 0.779. The standard InChI is InChI=1S/C15H13ClO2/c16-12-6-8-13(9-7-12)17-10-14-15(18-14)11-4-2-1-3-5-11/h1-9,14-15H,10H2. The summed E-state index contributed by atoms with van der Waals surface area (Å²) in [7, 11) is 0. The zero-order valence-electron chi connectivity index (χ0n) is 9.75. The second-order valence-corrected chi connectivity index (χ2v) is 4.71. The van der Waals surface area contributed by atoms with Crippen LogP contribution < -0.4 is 4.74 Å². The normalized spacial score (nSPS) is 21.6. The number of epoxide rings is 1. The van der Waals surface area contributed by atoms with Crippen LogP contribution in [0.4, 0.5) is 0 Å². The van der Waals surface area contributed by atoms with Crippen LogP contribution in [0, 0.1) is 0 Å². The van der Waals surface area contributed by atoms with Crippen molar-refractivity contribution < 1.29 is 9.47 Å². The Balaban J connectivity index is 1.53. The zero-order valence-corrected chi connectivity index (χ0v) is 10.5. The highest BCUT2D eigenvalue weighted by molar-refractivity contribution is 6.30. The molecule has 1 saturated heterocycles. The molecule has 3 heteroatoms. The summed E-state index contributed by atoms with van der Waals surface area (Å²) in [6.07, 6.45) is 0.335. The zero-order chi connectivity index (χ0) is 12.4. The highest BCUT2D eigenvalue weighted by atomic mass is 35.5. The Morgan fingerprint density at radius 1 is 1.00 bits per heavy atom. The molecule has 0 saturated carbocycles. The molecule has 2 unspecified atom stereocenters. The third-order valence-electron chi connectivity index (χ3n) is 2.94. The SMILES string of the molecule is Clc1ccc(OCC2OC2c2ccccc2)cc1. The van der Waals surface area contributed by atoms with Gasteiger partial charge in [0.2, 0.25) is 0 Å². The van der Waals surface area contributed by atoms with Crippen molar-refractivity contribution in [1.82, 2.24) is 0 Å². The molecule has 92 valence electrons. The van der Waals surface area contributed by atoms with E-state index in [2.05, 4.69) is 12.1 Å². The van der Waals surface area contributed by atoms with Gasteiger partial charge in [-0.15, -0.1) is 0 Å². The molecule has 0 spiro atoms. The van der Waals surface area contributed by atoms with Crippen LogP contribution in [-0.2, 0) is 4.74 Å². The van der Waals surface area contributed by atoms with E-state index in [9.17, 15) is 0 Å². The lowest BCUT2D eigenvalue weighted by Gasteiger charge is -2.03. The summed E-state index contributed by atoms with van der Waals surface area (Å²) in [6.45, 7) is 0.571. The molecule has 2 aromatic rings. The highest BCUT2D eigenvalue weighted by Crippen LogP contribution is 2.38. The average Bonchev–Trinajstić information content (AvgIpc) is 3.19. The van der Waals surface area contributed by atoms with Gasteiger partial charge in [-0.2, -0.15) is 0 Å². The van der Waals surface area contributed by atoms with Crippen LogP contribution in [-0.4, -0.2) is 12.7 Å². The Bertz CT molecular complexity index is 510. The lowest BCUT2D eigenvalue weighted by atomic mass is 10.1. The summed E-state index contributed by atoms with van der Waals surface area (Å²) in [5, 5.41) is 0.715. The summed E-state index contributed by atoms with van der Waals surface area (Å²) in [4.78, 5) is 0. The van der Waals surface area contributed by atoms with E-state index < -0.39 is 0 Å². The van der Waals surface area contributed by atoms with Gasteiger partial charge < -0.3 is 9.47 Å². The molecule has 0 N–H and O–H groups in total. The first kappa shape index (κ1) is 11.6. The molecule has 0 aromatic heterocycles. The summed E-state index contributed by atoms with van der Waals surface area (Å²) < 4.78 is 11.3. The van der Waals surface area contributed by atoms with E-state index in [0.717, 1.165) is 5.75 Å². The van der Waals surface area contributed by atoms with E-state index in [1.807, 2.05) is 42.5 Å². The van der Waals surface area contributed by atoms with Crippen molar-refractivity contribution >= 4 is 11.6 Å². The molecule has 18 heavy (non-hydrogen) atoms. The van der Waals surface area contributed by atoms with Crippen molar-refractivity contribution in [3.05, 3.63) is 65.2 Å². The monoisotopic (exact) mass is 260 g/mol. The summed E-state index contributed by atoms with van der Waals surface area (Å²) in [5.74, 6) is 0.821. The minimum Gasteiger partial charge on any atom is -0.491 e. The van der Waals surface area contributed by atoms with Crippen LogP contribution in [0.2, 0.25) is 5.02 Å². The summed E-state index contributed by atoms with van der Waals surface area (Å²) in [5.41, 5.74) is 1.21. The van der Waals surface area contributed by atoms with Crippen LogP contribution in [0.1, 0.15) is 11.7 Å². The molecule has 0 aliphatic carbocycles. The van der Waals surface area contributed by atoms with E-state index in [1.165, 1.54) is 5.56 Å². The topological polar surface area (TPSA) is 21.8 Å². The molecule has 2 aromatic carbocycles. The lowest BCUT2D eigenvalue weighted by Crippen LogP contribution is -2.05. The maximum absolute atomic E-state index is 5.81. The molecule has 0 bridgehead atoms. The molecule has 0 amide bonds. The molecule has 2 nitrogen and oxygen atoms in total. The molecule has 2 atom stereocenters. The Kier molecular flexibility index (Phi) is 3.22. The molecular weight excluding hydrogens is 248 g/mol. The van der Waals surface area contributed by atoms with Crippen molar-refractivity contribution in [2.75, 3.05) is 6.61 Å². The molecule has 1 fully saturated rings. The maximum atomic E-state index is 5.81. The predicted molar refractivity (Wildman–Crippen MR) is 71.0 cm³/mol. The van der Waals surface area contributed by atoms with Gasteiger partial charge in [0.15, 0.2) is 0 Å². The van der Waals surface area contributed by atoms with Crippen molar-refractivity contribution in [3.8, 4) is 5.75 Å². The minimum atomic E-state index is 0.156. The largest absolute Gasteiger partial charge is 0.491 e. The first-order chi connectivity index (χ1) is 8.83. The fourth-order valence-electron chi connectivity index (χ4n) is 1.91. The van der Waals surface area contributed by atoms with Crippen LogP contribution in [0.5, 0.6) is 5.75 Å². The molecule has 1 aliphatic rings.